The summed E-state index contributed by atoms with van der Waals surface area (Å²) in [5.74, 6) is -2.54. The minimum atomic E-state index is -2.57. The van der Waals surface area contributed by atoms with Crippen molar-refractivity contribution in [3.8, 4) is 5.75 Å². The largest absolute Gasteiger partial charge is 0.491 e. The summed E-state index contributed by atoms with van der Waals surface area (Å²) >= 11 is 1.30. The standard InChI is InChI=1S/C26H28F2N4O2S/c1-14-4-7-19-22(29)23(35-25(19)30-14)24(33)31-17-9-15-5-6-18(10-21(15)34-13-17)32-11-16-3-2-8-26(27,28)20(16)12-32/h4-7,10,16-17,20H,2-3,8-9,11-13,29H2,1H3,(H,31,33)/t16-,17+,20+/m0/s1. The minimum Gasteiger partial charge on any atom is -0.491 e. The number of carbonyl (C=O) groups is 1. The zero-order valence-corrected chi connectivity index (χ0v) is 20.3. The molecule has 0 radical (unpaired) electrons. The Hall–Kier alpha value is -2.94. The molecule has 3 aromatic rings. The van der Waals surface area contributed by atoms with Gasteiger partial charge in [-0.25, -0.2) is 13.8 Å². The number of hydrogen-bond donors (Lipinski definition) is 2. The van der Waals surface area contributed by atoms with Gasteiger partial charge in [0.1, 0.15) is 22.1 Å². The van der Waals surface area contributed by atoms with Crippen LogP contribution in [0, 0.1) is 18.8 Å². The zero-order chi connectivity index (χ0) is 24.3. The van der Waals surface area contributed by atoms with Crippen LogP contribution in [0.1, 0.15) is 40.2 Å². The van der Waals surface area contributed by atoms with Crippen molar-refractivity contribution in [1.82, 2.24) is 10.3 Å². The monoisotopic (exact) mass is 498 g/mol. The van der Waals surface area contributed by atoms with Crippen molar-refractivity contribution in [2.75, 3.05) is 30.3 Å². The smallest absolute Gasteiger partial charge is 0.263 e. The Kier molecular flexibility index (Phi) is 5.36. The van der Waals surface area contributed by atoms with Gasteiger partial charge in [-0.1, -0.05) is 6.07 Å². The minimum absolute atomic E-state index is 0.00567. The summed E-state index contributed by atoms with van der Waals surface area (Å²) in [6, 6.07) is 9.53. The molecule has 3 atom stereocenters. The van der Waals surface area contributed by atoms with Crippen molar-refractivity contribution >= 4 is 38.8 Å². The number of benzene rings is 1. The Bertz CT molecular complexity index is 1310. The van der Waals surface area contributed by atoms with Crippen LogP contribution in [0.2, 0.25) is 0 Å². The summed E-state index contributed by atoms with van der Waals surface area (Å²) in [6.07, 6.45) is 2.11. The third-order valence-electron chi connectivity index (χ3n) is 7.67. The van der Waals surface area contributed by atoms with E-state index in [4.69, 9.17) is 10.5 Å². The first-order chi connectivity index (χ1) is 16.8. The van der Waals surface area contributed by atoms with E-state index in [1.807, 2.05) is 37.3 Å². The highest BCUT2D eigenvalue weighted by atomic mass is 32.1. The Morgan fingerprint density at radius 1 is 1.29 bits per heavy atom. The van der Waals surface area contributed by atoms with Gasteiger partial charge in [0.05, 0.1) is 11.7 Å². The molecule has 2 fully saturated rings. The van der Waals surface area contributed by atoms with Crippen molar-refractivity contribution in [2.24, 2.45) is 11.8 Å². The normalized spacial score (nSPS) is 25.1. The lowest BCUT2D eigenvalue weighted by atomic mass is 9.79. The number of anilines is 2. The van der Waals surface area contributed by atoms with Crippen LogP contribution >= 0.6 is 11.3 Å². The lowest BCUT2D eigenvalue weighted by Gasteiger charge is -2.32. The van der Waals surface area contributed by atoms with Gasteiger partial charge < -0.3 is 20.7 Å². The molecule has 35 heavy (non-hydrogen) atoms. The second-order valence-corrected chi connectivity index (χ2v) is 11.1. The highest BCUT2D eigenvalue weighted by Crippen LogP contribution is 2.47. The lowest BCUT2D eigenvalue weighted by Crippen LogP contribution is -2.42. The molecule has 184 valence electrons. The predicted octanol–water partition coefficient (Wildman–Crippen LogP) is 4.79. The Morgan fingerprint density at radius 3 is 2.97 bits per heavy atom. The summed E-state index contributed by atoms with van der Waals surface area (Å²) in [4.78, 5) is 20.7. The molecule has 0 unspecified atom stereocenters. The molecule has 0 spiro atoms. The second-order valence-electron chi connectivity index (χ2n) is 10.1. The van der Waals surface area contributed by atoms with Crippen molar-refractivity contribution in [1.29, 1.82) is 0 Å². The van der Waals surface area contributed by atoms with Crippen LogP contribution in [0.5, 0.6) is 5.75 Å². The number of aromatic nitrogens is 1. The molecular weight excluding hydrogens is 470 g/mol. The number of pyridine rings is 1. The van der Waals surface area contributed by atoms with Crippen LogP contribution in [-0.4, -0.2) is 42.6 Å². The van der Waals surface area contributed by atoms with Gasteiger partial charge in [-0.15, -0.1) is 11.3 Å². The van der Waals surface area contributed by atoms with Gasteiger partial charge in [0.15, 0.2) is 0 Å². The first kappa shape index (κ1) is 22.5. The molecule has 6 nitrogen and oxygen atoms in total. The Balaban J connectivity index is 1.14. The van der Waals surface area contributed by atoms with Gasteiger partial charge in [-0.05, 0) is 55.9 Å². The summed E-state index contributed by atoms with van der Waals surface area (Å²) < 4.78 is 34.8. The van der Waals surface area contributed by atoms with Crippen LogP contribution in [0.25, 0.3) is 10.2 Å². The maximum Gasteiger partial charge on any atom is 0.263 e. The number of hydrogen-bond acceptors (Lipinski definition) is 6. The van der Waals surface area contributed by atoms with Crippen molar-refractivity contribution in [3.63, 3.8) is 0 Å². The fourth-order valence-electron chi connectivity index (χ4n) is 5.80. The Morgan fingerprint density at radius 2 is 2.14 bits per heavy atom. The molecule has 0 bridgehead atoms. The number of nitrogen functional groups attached to an aromatic ring is 1. The average molecular weight is 499 g/mol. The number of aryl methyl sites for hydroxylation is 1. The lowest BCUT2D eigenvalue weighted by molar-refractivity contribution is -0.0930. The van der Waals surface area contributed by atoms with E-state index in [0.29, 0.717) is 43.1 Å². The number of nitrogens with zero attached hydrogens (tertiary/aromatic N) is 2. The number of rotatable bonds is 3. The van der Waals surface area contributed by atoms with Crippen LogP contribution in [0.3, 0.4) is 0 Å². The maximum absolute atomic E-state index is 14.4. The van der Waals surface area contributed by atoms with Gasteiger partial charge in [0.25, 0.3) is 11.8 Å². The molecule has 6 rings (SSSR count). The SMILES string of the molecule is Cc1ccc2c(N)c(C(=O)N[C@H]3COc4cc(N5C[C@@H]6CCCC(F)(F)[C@@H]6C5)ccc4C3)sc2n1. The van der Waals surface area contributed by atoms with Crippen LogP contribution in [0.4, 0.5) is 20.2 Å². The Labute approximate surface area is 206 Å². The van der Waals surface area contributed by atoms with Crippen LogP contribution in [-0.2, 0) is 6.42 Å². The average Bonchev–Trinajstić information content (AvgIpc) is 3.41. The number of halogens is 2. The number of alkyl halides is 2. The van der Waals surface area contributed by atoms with E-state index in [-0.39, 0.29) is 24.3 Å². The number of nitrogens with two attached hydrogens (primary N) is 1. The van der Waals surface area contributed by atoms with Crippen LogP contribution in [0.15, 0.2) is 30.3 Å². The molecule has 1 saturated carbocycles. The van der Waals surface area contributed by atoms with E-state index in [2.05, 4.69) is 15.2 Å². The summed E-state index contributed by atoms with van der Waals surface area (Å²) in [6.45, 7) is 3.31. The summed E-state index contributed by atoms with van der Waals surface area (Å²) in [5.41, 5.74) is 9.49. The quantitative estimate of drug-likeness (QED) is 0.543. The van der Waals surface area contributed by atoms with E-state index in [0.717, 1.165) is 39.3 Å². The van der Waals surface area contributed by atoms with Gasteiger partial charge in [-0.3, -0.25) is 4.79 Å². The molecule has 1 saturated heterocycles. The van der Waals surface area contributed by atoms with Crippen molar-refractivity contribution in [2.45, 2.75) is 44.6 Å². The molecule has 1 aliphatic carbocycles. The summed E-state index contributed by atoms with van der Waals surface area (Å²) in [7, 11) is 0. The number of fused-ring (bicyclic) bond motifs is 3. The van der Waals surface area contributed by atoms with Crippen molar-refractivity contribution in [3.05, 3.63) is 46.5 Å². The molecule has 2 aromatic heterocycles. The predicted molar refractivity (Wildman–Crippen MR) is 134 cm³/mol. The second kappa shape index (κ2) is 8.33. The molecule has 9 heteroatoms. The number of carbonyl (C=O) groups excluding carboxylic acids is 1. The topological polar surface area (TPSA) is 80.5 Å². The number of thiophene rings is 1. The number of nitrogens with one attached hydrogen (secondary N) is 1. The molecule has 1 amide bonds. The summed E-state index contributed by atoms with van der Waals surface area (Å²) in [5, 5.41) is 3.84. The molecule has 3 aliphatic rings. The van der Waals surface area contributed by atoms with E-state index < -0.39 is 11.8 Å². The third-order valence-corrected chi connectivity index (χ3v) is 8.78. The van der Waals surface area contributed by atoms with E-state index in [1.54, 1.807) is 0 Å². The fourth-order valence-corrected chi connectivity index (χ4v) is 6.84. The molecule has 1 aromatic carbocycles. The van der Waals surface area contributed by atoms with E-state index in [9.17, 15) is 13.6 Å². The van der Waals surface area contributed by atoms with Gasteiger partial charge in [0.2, 0.25) is 0 Å². The molecular formula is C26H28F2N4O2S. The highest BCUT2D eigenvalue weighted by molar-refractivity contribution is 7.21. The van der Waals surface area contributed by atoms with Gasteiger partial charge >= 0.3 is 0 Å². The van der Waals surface area contributed by atoms with Crippen LogP contribution < -0.4 is 20.7 Å². The van der Waals surface area contributed by atoms with Crippen molar-refractivity contribution < 1.29 is 18.3 Å². The maximum atomic E-state index is 14.4. The van der Waals surface area contributed by atoms with E-state index in [1.165, 1.54) is 11.3 Å². The first-order valence-electron chi connectivity index (χ1n) is 12.1. The number of amides is 1. The first-order valence-corrected chi connectivity index (χ1v) is 12.9. The zero-order valence-electron chi connectivity index (χ0n) is 19.5. The molecule has 4 heterocycles. The number of ether oxygens (including phenoxy) is 1. The third kappa shape index (κ3) is 3.99. The fraction of sp³-hybridized carbons (Fsp3) is 0.462. The van der Waals surface area contributed by atoms with Gasteiger partial charge in [-0.2, -0.15) is 0 Å². The van der Waals surface area contributed by atoms with Gasteiger partial charge in [0, 0.05) is 48.3 Å². The molecule has 2 aliphatic heterocycles. The highest BCUT2D eigenvalue weighted by Gasteiger charge is 2.51. The molecule has 3 N–H and O–H groups in total. The van der Waals surface area contributed by atoms with E-state index >= 15 is 0 Å².